The molecule has 4 heteroatoms. The quantitative estimate of drug-likeness (QED) is 0.899. The Labute approximate surface area is 121 Å². The van der Waals surface area contributed by atoms with Gasteiger partial charge in [0.1, 0.15) is 0 Å². The molecule has 1 fully saturated rings. The fraction of sp³-hybridized carbons (Fsp3) is 0.562. The molecule has 1 aliphatic rings. The van der Waals surface area contributed by atoms with Crippen LogP contribution in [0.1, 0.15) is 18.1 Å². The van der Waals surface area contributed by atoms with Crippen molar-refractivity contribution in [3.05, 3.63) is 35.4 Å². The molecule has 2 N–H and O–H groups in total. The number of carbonyl (C=O) groups is 1. The minimum absolute atomic E-state index is 0.162. The molecule has 0 aliphatic carbocycles. The van der Waals surface area contributed by atoms with Gasteiger partial charge in [0.15, 0.2) is 0 Å². The molecule has 0 saturated carbocycles. The standard InChI is InChI=1S/C16H25N3O/c1-12-6-4-5-7-14(12)9-18(3)16(20)11-19-8-13(2)15(17)10-19/h4-7,13,15H,8-11,17H2,1-3H3. The first kappa shape index (κ1) is 15.0. The van der Waals surface area contributed by atoms with Crippen molar-refractivity contribution < 1.29 is 4.79 Å². The molecule has 0 spiro atoms. The van der Waals surface area contributed by atoms with Crippen molar-refractivity contribution in [1.82, 2.24) is 9.80 Å². The largest absolute Gasteiger partial charge is 0.340 e. The third kappa shape index (κ3) is 3.58. The van der Waals surface area contributed by atoms with E-state index in [4.69, 9.17) is 5.73 Å². The highest BCUT2D eigenvalue weighted by Crippen LogP contribution is 2.15. The second-order valence-corrected chi connectivity index (χ2v) is 6.01. The molecule has 2 rings (SSSR count). The van der Waals surface area contributed by atoms with Crippen LogP contribution in [0.2, 0.25) is 0 Å². The number of hydrogen-bond donors (Lipinski definition) is 1. The average Bonchev–Trinajstić information content (AvgIpc) is 2.71. The van der Waals surface area contributed by atoms with Gasteiger partial charge in [-0.05, 0) is 24.0 Å². The van der Waals surface area contributed by atoms with Crippen molar-refractivity contribution in [2.24, 2.45) is 11.7 Å². The molecule has 1 heterocycles. The van der Waals surface area contributed by atoms with Crippen LogP contribution < -0.4 is 5.73 Å². The Kier molecular flexibility index (Phi) is 4.78. The fourth-order valence-corrected chi connectivity index (χ4v) is 2.67. The lowest BCUT2D eigenvalue weighted by molar-refractivity contribution is -0.131. The Hall–Kier alpha value is -1.39. The molecule has 0 bridgehead atoms. The highest BCUT2D eigenvalue weighted by Gasteiger charge is 2.28. The number of nitrogens with two attached hydrogens (primary N) is 1. The van der Waals surface area contributed by atoms with E-state index in [0.29, 0.717) is 19.0 Å². The molecule has 0 radical (unpaired) electrons. The summed E-state index contributed by atoms with van der Waals surface area (Å²) in [5, 5.41) is 0. The lowest BCUT2D eigenvalue weighted by Crippen LogP contribution is -2.38. The smallest absolute Gasteiger partial charge is 0.236 e. The van der Waals surface area contributed by atoms with Crippen LogP contribution in [0.4, 0.5) is 0 Å². The van der Waals surface area contributed by atoms with Crippen molar-refractivity contribution >= 4 is 5.91 Å². The lowest BCUT2D eigenvalue weighted by Gasteiger charge is -2.22. The number of hydrogen-bond acceptors (Lipinski definition) is 3. The zero-order chi connectivity index (χ0) is 14.7. The highest BCUT2D eigenvalue weighted by molar-refractivity contribution is 5.78. The number of rotatable bonds is 4. The minimum atomic E-state index is 0.162. The van der Waals surface area contributed by atoms with Gasteiger partial charge >= 0.3 is 0 Å². The minimum Gasteiger partial charge on any atom is -0.340 e. The molecule has 1 aromatic carbocycles. The van der Waals surface area contributed by atoms with Crippen LogP contribution in [0.25, 0.3) is 0 Å². The van der Waals surface area contributed by atoms with E-state index >= 15 is 0 Å². The van der Waals surface area contributed by atoms with Crippen molar-refractivity contribution in [2.45, 2.75) is 26.4 Å². The molecular weight excluding hydrogens is 250 g/mol. The van der Waals surface area contributed by atoms with E-state index < -0.39 is 0 Å². The molecule has 20 heavy (non-hydrogen) atoms. The Morgan fingerprint density at radius 3 is 2.70 bits per heavy atom. The maximum absolute atomic E-state index is 12.3. The first-order valence-electron chi connectivity index (χ1n) is 7.23. The zero-order valence-electron chi connectivity index (χ0n) is 12.7. The van der Waals surface area contributed by atoms with Gasteiger partial charge in [-0.2, -0.15) is 0 Å². The molecule has 4 nitrogen and oxygen atoms in total. The summed E-state index contributed by atoms with van der Waals surface area (Å²) in [6.07, 6.45) is 0. The van der Waals surface area contributed by atoms with Gasteiger partial charge in [-0.1, -0.05) is 31.2 Å². The first-order chi connectivity index (χ1) is 9.47. The molecule has 1 amide bonds. The molecule has 110 valence electrons. The van der Waals surface area contributed by atoms with Gasteiger partial charge in [-0.15, -0.1) is 0 Å². The van der Waals surface area contributed by atoms with Crippen molar-refractivity contribution in [3.63, 3.8) is 0 Å². The maximum Gasteiger partial charge on any atom is 0.236 e. The normalized spacial score (nSPS) is 23.0. The number of aryl methyl sites for hydroxylation is 1. The number of carbonyl (C=O) groups excluding carboxylic acids is 1. The summed E-state index contributed by atoms with van der Waals surface area (Å²) in [6, 6.07) is 8.39. The summed E-state index contributed by atoms with van der Waals surface area (Å²) in [5.41, 5.74) is 8.43. The topological polar surface area (TPSA) is 49.6 Å². The van der Waals surface area contributed by atoms with Crippen LogP contribution in [0.3, 0.4) is 0 Å². The Bertz CT molecular complexity index is 465. The molecule has 1 aromatic rings. The lowest BCUT2D eigenvalue weighted by atomic mass is 10.1. The maximum atomic E-state index is 12.3. The molecule has 0 aromatic heterocycles. The van der Waals surface area contributed by atoms with Gasteiger partial charge in [0.2, 0.25) is 5.91 Å². The van der Waals surface area contributed by atoms with Crippen LogP contribution in [0.15, 0.2) is 24.3 Å². The third-order valence-electron chi connectivity index (χ3n) is 4.20. The predicted octanol–water partition coefficient (Wildman–Crippen LogP) is 1.23. The van der Waals surface area contributed by atoms with Gasteiger partial charge in [-0.3, -0.25) is 9.69 Å². The van der Waals surface area contributed by atoms with E-state index in [1.54, 1.807) is 4.90 Å². The summed E-state index contributed by atoms with van der Waals surface area (Å²) in [6.45, 7) is 7.11. The van der Waals surface area contributed by atoms with Crippen LogP contribution in [0, 0.1) is 12.8 Å². The van der Waals surface area contributed by atoms with Gasteiger partial charge in [0, 0.05) is 32.7 Å². The van der Waals surface area contributed by atoms with E-state index in [0.717, 1.165) is 13.1 Å². The Balaban J connectivity index is 1.88. The molecular formula is C16H25N3O. The van der Waals surface area contributed by atoms with Crippen molar-refractivity contribution in [2.75, 3.05) is 26.7 Å². The van der Waals surface area contributed by atoms with E-state index in [1.807, 2.05) is 19.2 Å². The van der Waals surface area contributed by atoms with E-state index in [9.17, 15) is 4.79 Å². The van der Waals surface area contributed by atoms with Gasteiger partial charge < -0.3 is 10.6 Å². The molecule has 1 saturated heterocycles. The Morgan fingerprint density at radius 2 is 2.10 bits per heavy atom. The van der Waals surface area contributed by atoms with E-state index in [1.165, 1.54) is 11.1 Å². The second kappa shape index (κ2) is 6.37. The average molecular weight is 275 g/mol. The van der Waals surface area contributed by atoms with E-state index in [-0.39, 0.29) is 11.9 Å². The van der Waals surface area contributed by atoms with Crippen LogP contribution in [-0.4, -0.2) is 48.4 Å². The fourth-order valence-electron chi connectivity index (χ4n) is 2.67. The second-order valence-electron chi connectivity index (χ2n) is 6.01. The van der Waals surface area contributed by atoms with Crippen LogP contribution in [-0.2, 0) is 11.3 Å². The highest BCUT2D eigenvalue weighted by atomic mass is 16.2. The monoisotopic (exact) mass is 275 g/mol. The molecule has 1 aliphatic heterocycles. The third-order valence-corrected chi connectivity index (χ3v) is 4.20. The van der Waals surface area contributed by atoms with Crippen LogP contribution in [0.5, 0.6) is 0 Å². The predicted molar refractivity (Wildman–Crippen MR) is 81.2 cm³/mol. The molecule has 2 atom stereocenters. The number of nitrogens with zero attached hydrogens (tertiary/aromatic N) is 2. The summed E-state index contributed by atoms with van der Waals surface area (Å²) >= 11 is 0. The van der Waals surface area contributed by atoms with Crippen LogP contribution >= 0.6 is 0 Å². The summed E-state index contributed by atoms with van der Waals surface area (Å²) in [7, 11) is 1.87. The number of likely N-dealkylation sites (tertiary alicyclic amines) is 1. The summed E-state index contributed by atoms with van der Waals surface area (Å²) in [5.74, 6) is 0.638. The summed E-state index contributed by atoms with van der Waals surface area (Å²) in [4.78, 5) is 16.2. The van der Waals surface area contributed by atoms with Gasteiger partial charge in [0.25, 0.3) is 0 Å². The van der Waals surface area contributed by atoms with Gasteiger partial charge in [-0.25, -0.2) is 0 Å². The number of likely N-dealkylation sites (N-methyl/N-ethyl adjacent to an activating group) is 1. The number of benzene rings is 1. The number of amides is 1. The summed E-state index contributed by atoms with van der Waals surface area (Å²) < 4.78 is 0. The van der Waals surface area contributed by atoms with Crippen molar-refractivity contribution in [1.29, 1.82) is 0 Å². The zero-order valence-corrected chi connectivity index (χ0v) is 12.7. The van der Waals surface area contributed by atoms with Crippen molar-refractivity contribution in [3.8, 4) is 0 Å². The first-order valence-corrected chi connectivity index (χ1v) is 7.23. The van der Waals surface area contributed by atoms with Gasteiger partial charge in [0.05, 0.1) is 6.54 Å². The Morgan fingerprint density at radius 1 is 1.40 bits per heavy atom. The van der Waals surface area contributed by atoms with E-state index in [2.05, 4.69) is 30.9 Å². The molecule has 2 unspecified atom stereocenters. The SMILES string of the molecule is Cc1ccccc1CN(C)C(=O)CN1CC(C)C(N)C1.